The molecule has 9 heteroatoms. The topological polar surface area (TPSA) is 66.3 Å². The van der Waals surface area contributed by atoms with E-state index in [2.05, 4.69) is 50.7 Å². The number of hydrogen-bond acceptors (Lipinski definition) is 7. The van der Waals surface area contributed by atoms with Gasteiger partial charge in [-0.25, -0.2) is 4.98 Å². The van der Waals surface area contributed by atoms with Gasteiger partial charge in [0.1, 0.15) is 5.65 Å². The smallest absolute Gasteiger partial charge is 0.260 e. The number of nitrogens with zero attached hydrogens (tertiary/aromatic N) is 5. The SMILES string of the molecule is CCn1c(=O)c(-c2ccc(-c3ccsc3)cc2Cl)cc2cnc(Nc3ccc(N4CCN(C)CC4)cc3)nc21. The van der Waals surface area contributed by atoms with Gasteiger partial charge in [-0.05, 0) is 78.3 Å². The summed E-state index contributed by atoms with van der Waals surface area (Å²) in [5.74, 6) is 0.447. The van der Waals surface area contributed by atoms with Gasteiger partial charge in [0.2, 0.25) is 5.95 Å². The normalized spacial score (nSPS) is 14.2. The van der Waals surface area contributed by atoms with E-state index in [1.54, 1.807) is 22.1 Å². The zero-order valence-corrected chi connectivity index (χ0v) is 23.5. The van der Waals surface area contributed by atoms with E-state index >= 15 is 0 Å². The number of nitrogens with one attached hydrogen (secondary N) is 1. The lowest BCUT2D eigenvalue weighted by molar-refractivity contribution is 0.313. The lowest BCUT2D eigenvalue weighted by Gasteiger charge is -2.34. The Morgan fingerprint density at radius 3 is 2.46 bits per heavy atom. The Kier molecular flexibility index (Phi) is 7.08. The van der Waals surface area contributed by atoms with Gasteiger partial charge in [-0.15, -0.1) is 0 Å². The Bertz CT molecular complexity index is 1680. The molecule has 0 saturated carbocycles. The first-order valence-electron chi connectivity index (χ1n) is 13.0. The van der Waals surface area contributed by atoms with Crippen molar-refractivity contribution in [1.82, 2.24) is 19.4 Å². The molecule has 198 valence electrons. The van der Waals surface area contributed by atoms with Crippen LogP contribution in [0.1, 0.15) is 6.92 Å². The molecular formula is C30H29ClN6OS. The highest BCUT2D eigenvalue weighted by molar-refractivity contribution is 7.08. The standard InChI is InChI=1S/C30H29ClN6OS/c1-3-37-28-22(16-26(29(37)38)25-9-4-20(17-27(25)31)21-10-15-39-19-21)18-32-30(34-28)33-23-5-7-24(8-6-23)36-13-11-35(2)12-14-36/h4-10,15-19H,3,11-14H2,1-2H3,(H,32,33,34). The largest absolute Gasteiger partial charge is 0.369 e. The van der Waals surface area contributed by atoms with Crippen molar-refractivity contribution >= 4 is 51.3 Å². The molecule has 5 aromatic rings. The molecule has 0 unspecified atom stereocenters. The summed E-state index contributed by atoms with van der Waals surface area (Å²) in [6.07, 6.45) is 1.76. The third-order valence-electron chi connectivity index (χ3n) is 7.25. The number of piperazine rings is 1. The van der Waals surface area contributed by atoms with Gasteiger partial charge in [-0.2, -0.15) is 16.3 Å². The Hall–Kier alpha value is -3.72. The number of halogens is 1. The summed E-state index contributed by atoms with van der Waals surface area (Å²) in [5, 5.41) is 8.73. The summed E-state index contributed by atoms with van der Waals surface area (Å²) < 4.78 is 1.68. The van der Waals surface area contributed by atoms with Gasteiger partial charge >= 0.3 is 0 Å². The molecule has 3 aromatic heterocycles. The zero-order valence-electron chi connectivity index (χ0n) is 21.9. The minimum atomic E-state index is -0.128. The summed E-state index contributed by atoms with van der Waals surface area (Å²) in [6.45, 7) is 6.61. The Morgan fingerprint density at radius 2 is 1.77 bits per heavy atom. The maximum absolute atomic E-state index is 13.6. The van der Waals surface area contributed by atoms with Crippen molar-refractivity contribution in [2.45, 2.75) is 13.5 Å². The number of likely N-dealkylation sites (N-methyl/N-ethyl adjacent to an activating group) is 1. The number of anilines is 3. The zero-order chi connectivity index (χ0) is 26.9. The molecule has 1 saturated heterocycles. The maximum Gasteiger partial charge on any atom is 0.260 e. The van der Waals surface area contributed by atoms with Crippen LogP contribution < -0.4 is 15.8 Å². The van der Waals surface area contributed by atoms with Gasteiger partial charge in [0.05, 0.1) is 0 Å². The molecule has 4 heterocycles. The minimum Gasteiger partial charge on any atom is -0.369 e. The molecule has 0 aliphatic carbocycles. The van der Waals surface area contributed by atoms with Crippen LogP contribution in [0.3, 0.4) is 0 Å². The number of benzene rings is 2. The number of fused-ring (bicyclic) bond motifs is 1. The second kappa shape index (κ2) is 10.8. The molecule has 39 heavy (non-hydrogen) atoms. The number of hydrogen-bond donors (Lipinski definition) is 1. The molecular weight excluding hydrogens is 528 g/mol. The summed E-state index contributed by atoms with van der Waals surface area (Å²) in [5.41, 5.74) is 5.94. The van der Waals surface area contributed by atoms with E-state index in [-0.39, 0.29) is 5.56 Å². The third kappa shape index (κ3) is 5.15. The van der Waals surface area contributed by atoms with E-state index in [4.69, 9.17) is 16.6 Å². The van der Waals surface area contributed by atoms with Gasteiger partial charge in [0, 0.05) is 71.8 Å². The fraction of sp³-hybridized carbons (Fsp3) is 0.233. The predicted octanol–water partition coefficient (Wildman–Crippen LogP) is 6.36. The second-order valence-electron chi connectivity index (χ2n) is 9.75. The van der Waals surface area contributed by atoms with Crippen LogP contribution in [-0.2, 0) is 6.54 Å². The van der Waals surface area contributed by atoms with E-state index in [1.165, 1.54) is 5.69 Å². The van der Waals surface area contributed by atoms with Gasteiger partial charge in [-0.1, -0.05) is 23.7 Å². The number of rotatable bonds is 6. The molecule has 2 aromatic carbocycles. The highest BCUT2D eigenvalue weighted by Gasteiger charge is 2.17. The molecule has 0 bridgehead atoms. The fourth-order valence-electron chi connectivity index (χ4n) is 5.00. The van der Waals surface area contributed by atoms with E-state index in [9.17, 15) is 4.79 Å². The van der Waals surface area contributed by atoms with Crippen LogP contribution in [0.2, 0.25) is 5.02 Å². The van der Waals surface area contributed by atoms with Crippen molar-refractivity contribution in [3.8, 4) is 22.3 Å². The molecule has 0 atom stereocenters. The fourth-order valence-corrected chi connectivity index (χ4v) is 5.94. The summed E-state index contributed by atoms with van der Waals surface area (Å²) in [7, 11) is 2.16. The predicted molar refractivity (Wildman–Crippen MR) is 163 cm³/mol. The number of aromatic nitrogens is 3. The second-order valence-corrected chi connectivity index (χ2v) is 10.9. The third-order valence-corrected chi connectivity index (χ3v) is 8.24. The first-order chi connectivity index (χ1) is 19.0. The van der Waals surface area contributed by atoms with Crippen LogP contribution in [0.4, 0.5) is 17.3 Å². The lowest BCUT2D eigenvalue weighted by atomic mass is 10.0. The molecule has 6 rings (SSSR count). The van der Waals surface area contributed by atoms with Crippen LogP contribution >= 0.6 is 22.9 Å². The minimum absolute atomic E-state index is 0.128. The molecule has 1 aliphatic heterocycles. The monoisotopic (exact) mass is 556 g/mol. The van der Waals surface area contributed by atoms with Crippen molar-refractivity contribution in [1.29, 1.82) is 0 Å². The summed E-state index contributed by atoms with van der Waals surface area (Å²) >= 11 is 8.33. The quantitative estimate of drug-likeness (QED) is 0.263. The summed E-state index contributed by atoms with van der Waals surface area (Å²) in [6, 6.07) is 18.1. The Balaban J connectivity index is 1.29. The average molecular weight is 557 g/mol. The van der Waals surface area contributed by atoms with Gasteiger partial charge in [0.25, 0.3) is 5.56 Å². The Morgan fingerprint density at radius 1 is 0.974 bits per heavy atom. The van der Waals surface area contributed by atoms with Crippen molar-refractivity contribution in [3.05, 3.63) is 86.9 Å². The van der Waals surface area contributed by atoms with Crippen LogP contribution in [0, 0.1) is 0 Å². The van der Waals surface area contributed by atoms with E-state index in [1.807, 2.05) is 48.7 Å². The first kappa shape index (κ1) is 25.6. The van der Waals surface area contributed by atoms with Crippen LogP contribution in [0.25, 0.3) is 33.3 Å². The van der Waals surface area contributed by atoms with Gasteiger partial charge in [-0.3, -0.25) is 9.36 Å². The van der Waals surface area contributed by atoms with Crippen molar-refractivity contribution in [3.63, 3.8) is 0 Å². The number of aryl methyl sites for hydroxylation is 1. The van der Waals surface area contributed by atoms with Gasteiger partial charge < -0.3 is 15.1 Å². The highest BCUT2D eigenvalue weighted by Crippen LogP contribution is 2.33. The maximum atomic E-state index is 13.6. The number of pyridine rings is 1. The molecule has 0 spiro atoms. The van der Waals surface area contributed by atoms with Crippen LogP contribution in [-0.4, -0.2) is 52.7 Å². The van der Waals surface area contributed by atoms with Crippen molar-refractivity contribution < 1.29 is 0 Å². The van der Waals surface area contributed by atoms with Crippen LogP contribution in [0.5, 0.6) is 0 Å². The molecule has 7 nitrogen and oxygen atoms in total. The average Bonchev–Trinajstić information content (AvgIpc) is 3.49. The molecule has 0 radical (unpaired) electrons. The van der Waals surface area contributed by atoms with E-state index in [0.717, 1.165) is 48.4 Å². The Labute approximate surface area is 236 Å². The molecule has 1 fully saturated rings. The first-order valence-corrected chi connectivity index (χ1v) is 14.4. The molecule has 1 N–H and O–H groups in total. The molecule has 0 amide bonds. The van der Waals surface area contributed by atoms with Crippen molar-refractivity contribution in [2.75, 3.05) is 43.4 Å². The van der Waals surface area contributed by atoms with Crippen molar-refractivity contribution in [2.24, 2.45) is 0 Å². The highest BCUT2D eigenvalue weighted by atomic mass is 35.5. The van der Waals surface area contributed by atoms with Crippen LogP contribution in [0.15, 0.2) is 76.3 Å². The number of thiophene rings is 1. The molecule has 1 aliphatic rings. The summed E-state index contributed by atoms with van der Waals surface area (Å²) in [4.78, 5) is 27.6. The van der Waals surface area contributed by atoms with E-state index < -0.39 is 0 Å². The van der Waals surface area contributed by atoms with E-state index in [0.29, 0.717) is 34.3 Å². The van der Waals surface area contributed by atoms with Gasteiger partial charge in [0.15, 0.2) is 0 Å². The lowest BCUT2D eigenvalue weighted by Crippen LogP contribution is -2.44.